The number of nitrogens with zero attached hydrogens (tertiary/aromatic N) is 3. The fourth-order valence-electron chi connectivity index (χ4n) is 2.91. The number of rotatable bonds is 8. The van der Waals surface area contributed by atoms with E-state index in [0.717, 1.165) is 40.7 Å². The third-order valence-electron chi connectivity index (χ3n) is 4.40. The minimum atomic E-state index is -0.0848. The lowest BCUT2D eigenvalue weighted by molar-refractivity contribution is -0.114. The van der Waals surface area contributed by atoms with Gasteiger partial charge in [-0.05, 0) is 43.7 Å². The summed E-state index contributed by atoms with van der Waals surface area (Å²) in [6, 6.07) is 15.9. The molecule has 2 N–H and O–H groups in total. The Balaban J connectivity index is 1.59. The second-order valence-corrected chi connectivity index (χ2v) is 7.29. The molecule has 1 aromatic heterocycles. The van der Waals surface area contributed by atoms with E-state index in [1.54, 1.807) is 6.21 Å². The molecule has 1 amide bonds. The van der Waals surface area contributed by atoms with Crippen molar-refractivity contribution in [1.29, 1.82) is 0 Å². The summed E-state index contributed by atoms with van der Waals surface area (Å²) in [4.78, 5) is 18.0. The van der Waals surface area contributed by atoms with E-state index in [2.05, 4.69) is 63.8 Å². The molecule has 0 atom stereocenters. The number of hydrogen-bond acceptors (Lipinski definition) is 6. The molecular weight excluding hydrogens is 382 g/mol. The van der Waals surface area contributed by atoms with Crippen LogP contribution in [0.5, 0.6) is 0 Å². The number of carbonyl (C=O) groups excluding carboxylic acids is 1. The number of benzene rings is 2. The average molecular weight is 408 g/mol. The number of nitrogens with one attached hydrogen (secondary N) is 2. The third-order valence-corrected chi connectivity index (χ3v) is 5.15. The largest absolute Gasteiger partial charge is 0.372 e. The first-order chi connectivity index (χ1) is 14.1. The quantitative estimate of drug-likeness (QED) is 0.404. The van der Waals surface area contributed by atoms with Gasteiger partial charge in [0, 0.05) is 42.3 Å². The Labute approximate surface area is 175 Å². The highest BCUT2D eigenvalue weighted by molar-refractivity contribution is 7.14. The van der Waals surface area contributed by atoms with Gasteiger partial charge in [-0.2, -0.15) is 5.10 Å². The molecule has 0 saturated heterocycles. The molecule has 0 aliphatic heterocycles. The van der Waals surface area contributed by atoms with Crippen LogP contribution in [-0.4, -0.2) is 30.2 Å². The number of anilines is 3. The van der Waals surface area contributed by atoms with Crippen LogP contribution in [0.3, 0.4) is 0 Å². The summed E-state index contributed by atoms with van der Waals surface area (Å²) in [7, 11) is 0. The van der Waals surface area contributed by atoms with Crippen LogP contribution in [0.25, 0.3) is 11.3 Å². The summed E-state index contributed by atoms with van der Waals surface area (Å²) < 4.78 is 0. The van der Waals surface area contributed by atoms with Crippen molar-refractivity contribution in [3.05, 3.63) is 59.5 Å². The molecule has 150 valence electrons. The first kappa shape index (κ1) is 20.5. The van der Waals surface area contributed by atoms with E-state index >= 15 is 0 Å². The first-order valence-corrected chi connectivity index (χ1v) is 10.4. The van der Waals surface area contributed by atoms with Gasteiger partial charge in [-0.15, -0.1) is 11.3 Å². The summed E-state index contributed by atoms with van der Waals surface area (Å²) in [5.74, 6) is -0.0848. The van der Waals surface area contributed by atoms with E-state index in [1.807, 2.05) is 29.6 Å². The van der Waals surface area contributed by atoms with Crippen LogP contribution in [0.15, 0.2) is 59.0 Å². The number of hydrazone groups is 1. The highest BCUT2D eigenvalue weighted by Crippen LogP contribution is 2.26. The molecule has 6 nitrogen and oxygen atoms in total. The Kier molecular flexibility index (Phi) is 6.97. The van der Waals surface area contributed by atoms with Crippen molar-refractivity contribution in [2.45, 2.75) is 20.8 Å². The number of amides is 1. The smallest absolute Gasteiger partial charge is 0.221 e. The standard InChI is InChI=1S/C22H25N5OS/c1-4-27(5-2)20-12-6-17(7-13-20)14-23-26-22-25-21(15-29-22)18-8-10-19(11-9-18)24-16(3)28/h6-15H,4-5H2,1-3H3,(H,24,28)(H,25,26)/b23-14-. The summed E-state index contributed by atoms with van der Waals surface area (Å²) in [6.07, 6.45) is 1.79. The molecule has 1 heterocycles. The van der Waals surface area contributed by atoms with Crippen molar-refractivity contribution in [2.75, 3.05) is 28.7 Å². The van der Waals surface area contributed by atoms with E-state index in [-0.39, 0.29) is 5.91 Å². The van der Waals surface area contributed by atoms with Crippen molar-refractivity contribution >= 4 is 40.0 Å². The summed E-state index contributed by atoms with van der Waals surface area (Å²) in [6.45, 7) is 7.79. The Morgan fingerprint density at radius 1 is 1.10 bits per heavy atom. The van der Waals surface area contributed by atoms with Crippen molar-refractivity contribution in [3.8, 4) is 11.3 Å². The van der Waals surface area contributed by atoms with Crippen LogP contribution in [0.4, 0.5) is 16.5 Å². The number of hydrogen-bond donors (Lipinski definition) is 2. The Bertz CT molecular complexity index is 960. The van der Waals surface area contributed by atoms with Gasteiger partial charge in [0.05, 0.1) is 11.9 Å². The molecular formula is C22H25N5OS. The first-order valence-electron chi connectivity index (χ1n) is 9.56. The van der Waals surface area contributed by atoms with Gasteiger partial charge in [-0.25, -0.2) is 4.98 Å². The minimum absolute atomic E-state index is 0.0848. The lowest BCUT2D eigenvalue weighted by Gasteiger charge is -2.20. The molecule has 2 aromatic carbocycles. The lowest BCUT2D eigenvalue weighted by Crippen LogP contribution is -2.21. The molecule has 3 aromatic rings. The molecule has 3 rings (SSSR count). The van der Waals surface area contributed by atoms with Gasteiger partial charge in [-0.1, -0.05) is 24.3 Å². The number of carbonyl (C=O) groups is 1. The van der Waals surface area contributed by atoms with Gasteiger partial charge < -0.3 is 10.2 Å². The summed E-state index contributed by atoms with van der Waals surface area (Å²) in [5, 5.41) is 9.75. The molecule has 0 bridgehead atoms. The van der Waals surface area contributed by atoms with Gasteiger partial charge >= 0.3 is 0 Å². The van der Waals surface area contributed by atoms with Crippen LogP contribution < -0.4 is 15.6 Å². The van der Waals surface area contributed by atoms with E-state index in [0.29, 0.717) is 0 Å². The number of aromatic nitrogens is 1. The maximum atomic E-state index is 11.1. The fourth-order valence-corrected chi connectivity index (χ4v) is 3.58. The number of thiazole rings is 1. The lowest BCUT2D eigenvalue weighted by atomic mass is 10.1. The third kappa shape index (κ3) is 5.65. The van der Waals surface area contributed by atoms with Crippen molar-refractivity contribution in [2.24, 2.45) is 5.10 Å². The minimum Gasteiger partial charge on any atom is -0.372 e. The maximum Gasteiger partial charge on any atom is 0.221 e. The van der Waals surface area contributed by atoms with E-state index in [9.17, 15) is 4.79 Å². The molecule has 7 heteroatoms. The maximum absolute atomic E-state index is 11.1. The van der Waals surface area contributed by atoms with Crippen molar-refractivity contribution < 1.29 is 4.79 Å². The van der Waals surface area contributed by atoms with E-state index in [4.69, 9.17) is 0 Å². The molecule has 0 radical (unpaired) electrons. The summed E-state index contributed by atoms with van der Waals surface area (Å²) >= 11 is 1.49. The van der Waals surface area contributed by atoms with Crippen LogP contribution in [0.1, 0.15) is 26.3 Å². The second kappa shape index (κ2) is 9.84. The molecule has 29 heavy (non-hydrogen) atoms. The zero-order chi connectivity index (χ0) is 20.6. The average Bonchev–Trinajstić information content (AvgIpc) is 3.19. The molecule has 0 saturated carbocycles. The second-order valence-electron chi connectivity index (χ2n) is 6.43. The zero-order valence-electron chi connectivity index (χ0n) is 16.8. The molecule has 0 fully saturated rings. The molecule has 0 spiro atoms. The van der Waals surface area contributed by atoms with Crippen LogP contribution >= 0.6 is 11.3 Å². The van der Waals surface area contributed by atoms with Gasteiger partial charge in [0.15, 0.2) is 0 Å². The Morgan fingerprint density at radius 2 is 1.79 bits per heavy atom. The van der Waals surface area contributed by atoms with Crippen molar-refractivity contribution in [1.82, 2.24) is 4.98 Å². The summed E-state index contributed by atoms with van der Waals surface area (Å²) in [5.41, 5.74) is 7.86. The SMILES string of the molecule is CCN(CC)c1ccc(/C=N\Nc2nc(-c3ccc(NC(C)=O)cc3)cs2)cc1. The van der Waals surface area contributed by atoms with Gasteiger partial charge in [-0.3, -0.25) is 10.2 Å². The molecule has 0 aliphatic carbocycles. The van der Waals surface area contributed by atoms with E-state index in [1.165, 1.54) is 23.9 Å². The van der Waals surface area contributed by atoms with Crippen LogP contribution in [0.2, 0.25) is 0 Å². The van der Waals surface area contributed by atoms with E-state index < -0.39 is 0 Å². The molecule has 0 unspecified atom stereocenters. The highest BCUT2D eigenvalue weighted by atomic mass is 32.1. The van der Waals surface area contributed by atoms with Crippen LogP contribution in [-0.2, 0) is 4.79 Å². The normalized spacial score (nSPS) is 10.9. The predicted octanol–water partition coefficient (Wildman–Crippen LogP) is 5.06. The zero-order valence-corrected chi connectivity index (χ0v) is 17.7. The predicted molar refractivity (Wildman–Crippen MR) is 123 cm³/mol. The van der Waals surface area contributed by atoms with Gasteiger partial charge in [0.2, 0.25) is 11.0 Å². The monoisotopic (exact) mass is 407 g/mol. The highest BCUT2D eigenvalue weighted by Gasteiger charge is 2.05. The topological polar surface area (TPSA) is 69.6 Å². The molecule has 0 aliphatic rings. The van der Waals surface area contributed by atoms with Gasteiger partial charge in [0.1, 0.15) is 0 Å². The fraction of sp³-hybridized carbons (Fsp3) is 0.227. The van der Waals surface area contributed by atoms with Crippen molar-refractivity contribution in [3.63, 3.8) is 0 Å². The van der Waals surface area contributed by atoms with Crippen LogP contribution in [0, 0.1) is 0 Å². The Hall–Kier alpha value is -3.19. The van der Waals surface area contributed by atoms with Gasteiger partial charge in [0.25, 0.3) is 0 Å². The Morgan fingerprint density at radius 3 is 2.41 bits per heavy atom.